The van der Waals surface area contributed by atoms with Gasteiger partial charge in [0.2, 0.25) is 0 Å². The Morgan fingerprint density at radius 3 is 1.80 bits per heavy atom. The highest BCUT2D eigenvalue weighted by molar-refractivity contribution is 6.31. The average molecular weight is 271 g/mol. The molecule has 102 valence electrons. The van der Waals surface area contributed by atoms with Gasteiger partial charge >= 0.3 is 11.9 Å². The van der Waals surface area contributed by atoms with Gasteiger partial charge < -0.3 is 10.0 Å². The third-order valence-corrected chi connectivity index (χ3v) is 2.63. The number of pyridine rings is 2. The van der Waals surface area contributed by atoms with Crippen LogP contribution in [0.4, 0.5) is 0 Å². The molecule has 0 atom stereocenters. The summed E-state index contributed by atoms with van der Waals surface area (Å²) in [6, 6.07) is 10.6. The molecule has 20 heavy (non-hydrogen) atoms. The van der Waals surface area contributed by atoms with Crippen LogP contribution in [0.15, 0.2) is 48.8 Å². The molecular weight excluding hydrogens is 258 g/mol. The van der Waals surface area contributed by atoms with Crippen LogP contribution in [-0.4, -0.2) is 31.9 Å². The van der Waals surface area contributed by atoms with E-state index in [1.54, 1.807) is 48.8 Å². The molecular formula is C14H13N3O3. The summed E-state index contributed by atoms with van der Waals surface area (Å²) in [6.45, 7) is 0.255. The second-order valence-electron chi connectivity index (χ2n) is 4.11. The number of carboxylic acid groups (broad SMARTS) is 1. The maximum absolute atomic E-state index is 11.7. The van der Waals surface area contributed by atoms with Crippen molar-refractivity contribution in [1.82, 2.24) is 14.9 Å². The minimum atomic E-state index is -1.49. The average Bonchev–Trinajstić information content (AvgIpc) is 2.48. The van der Waals surface area contributed by atoms with Crippen molar-refractivity contribution in [3.05, 3.63) is 60.2 Å². The van der Waals surface area contributed by atoms with Crippen molar-refractivity contribution < 1.29 is 14.7 Å². The maximum Gasteiger partial charge on any atom is 0.394 e. The number of aromatic nitrogens is 2. The maximum atomic E-state index is 11.7. The van der Waals surface area contributed by atoms with Crippen LogP contribution >= 0.6 is 0 Å². The molecule has 0 aliphatic heterocycles. The molecule has 6 nitrogen and oxygen atoms in total. The lowest BCUT2D eigenvalue weighted by Gasteiger charge is -2.19. The van der Waals surface area contributed by atoms with Crippen LogP contribution in [0, 0.1) is 0 Å². The van der Waals surface area contributed by atoms with Gasteiger partial charge in [0.25, 0.3) is 0 Å². The molecule has 0 bridgehead atoms. The first-order valence-corrected chi connectivity index (χ1v) is 5.99. The summed E-state index contributed by atoms with van der Waals surface area (Å²) in [6.07, 6.45) is 3.19. The van der Waals surface area contributed by atoms with Crippen LogP contribution < -0.4 is 0 Å². The summed E-state index contributed by atoms with van der Waals surface area (Å²) in [4.78, 5) is 32.0. The number of carboxylic acids is 1. The van der Waals surface area contributed by atoms with Crippen molar-refractivity contribution in [1.29, 1.82) is 0 Å². The van der Waals surface area contributed by atoms with E-state index in [-0.39, 0.29) is 13.1 Å². The van der Waals surface area contributed by atoms with Gasteiger partial charge in [0, 0.05) is 12.4 Å². The summed E-state index contributed by atoms with van der Waals surface area (Å²) in [5, 5.41) is 8.88. The van der Waals surface area contributed by atoms with Crippen molar-refractivity contribution in [3.8, 4) is 0 Å². The van der Waals surface area contributed by atoms with Crippen LogP contribution in [0.3, 0.4) is 0 Å². The predicted octanol–water partition coefficient (Wildman–Crippen LogP) is 1.09. The van der Waals surface area contributed by atoms with Gasteiger partial charge in [-0.3, -0.25) is 14.8 Å². The molecule has 1 amide bonds. The van der Waals surface area contributed by atoms with Gasteiger partial charge in [0.05, 0.1) is 24.5 Å². The number of carbonyl (C=O) groups is 2. The van der Waals surface area contributed by atoms with Crippen molar-refractivity contribution in [3.63, 3.8) is 0 Å². The second-order valence-corrected chi connectivity index (χ2v) is 4.11. The first-order valence-electron chi connectivity index (χ1n) is 5.99. The summed E-state index contributed by atoms with van der Waals surface area (Å²) < 4.78 is 0. The van der Waals surface area contributed by atoms with E-state index in [4.69, 9.17) is 5.11 Å². The third-order valence-electron chi connectivity index (χ3n) is 2.63. The Hall–Kier alpha value is -2.76. The molecule has 2 aromatic rings. The number of carbonyl (C=O) groups excluding carboxylic acids is 1. The molecule has 0 aliphatic rings. The first-order chi connectivity index (χ1) is 9.66. The molecule has 1 N–H and O–H groups in total. The molecule has 2 rings (SSSR count). The van der Waals surface area contributed by atoms with E-state index in [0.29, 0.717) is 11.4 Å². The van der Waals surface area contributed by atoms with Gasteiger partial charge in [0.15, 0.2) is 0 Å². The molecule has 0 saturated heterocycles. The molecule has 6 heteroatoms. The highest BCUT2D eigenvalue weighted by Gasteiger charge is 2.22. The fraction of sp³-hybridized carbons (Fsp3) is 0.143. The molecule has 0 fully saturated rings. The number of hydrogen-bond donors (Lipinski definition) is 1. The molecule has 0 aliphatic carbocycles. The minimum absolute atomic E-state index is 0.128. The first kappa shape index (κ1) is 13.7. The minimum Gasteiger partial charge on any atom is -0.474 e. The Labute approximate surface area is 115 Å². The standard InChI is InChI=1S/C14H13N3O3/c18-13(14(19)20)17(9-11-5-1-3-7-15-11)10-12-6-2-4-8-16-12/h1-8H,9-10H2,(H,19,20). The number of nitrogens with zero attached hydrogens (tertiary/aromatic N) is 3. The van der Waals surface area contributed by atoms with Crippen molar-refractivity contribution >= 4 is 11.9 Å². The molecule has 0 unspecified atom stereocenters. The van der Waals surface area contributed by atoms with Gasteiger partial charge in [0.1, 0.15) is 0 Å². The van der Waals surface area contributed by atoms with E-state index >= 15 is 0 Å². The van der Waals surface area contributed by atoms with Gasteiger partial charge in [-0.2, -0.15) is 0 Å². The summed E-state index contributed by atoms with van der Waals surface area (Å²) in [5.74, 6) is -2.46. The molecule has 0 spiro atoms. The predicted molar refractivity (Wildman–Crippen MR) is 70.4 cm³/mol. The number of aliphatic carboxylic acids is 1. The van der Waals surface area contributed by atoms with Crippen molar-refractivity contribution in [2.75, 3.05) is 0 Å². The van der Waals surface area contributed by atoms with Crippen LogP contribution in [-0.2, 0) is 22.7 Å². The Morgan fingerprint density at radius 2 is 1.45 bits per heavy atom. The quantitative estimate of drug-likeness (QED) is 0.841. The summed E-state index contributed by atoms with van der Waals surface area (Å²) in [5.41, 5.74) is 1.25. The smallest absolute Gasteiger partial charge is 0.394 e. The van der Waals surface area contributed by atoms with Gasteiger partial charge in [-0.1, -0.05) is 12.1 Å². The Morgan fingerprint density at radius 1 is 0.950 bits per heavy atom. The van der Waals surface area contributed by atoms with E-state index in [1.165, 1.54) is 4.90 Å². The van der Waals surface area contributed by atoms with Crippen LogP contribution in [0.1, 0.15) is 11.4 Å². The zero-order valence-electron chi connectivity index (χ0n) is 10.6. The molecule has 2 heterocycles. The van der Waals surface area contributed by atoms with E-state index < -0.39 is 11.9 Å². The second kappa shape index (κ2) is 6.42. The molecule has 0 aromatic carbocycles. The summed E-state index contributed by atoms with van der Waals surface area (Å²) >= 11 is 0. The Kier molecular flexibility index (Phi) is 4.39. The topological polar surface area (TPSA) is 83.4 Å². The summed E-state index contributed by atoms with van der Waals surface area (Å²) in [7, 11) is 0. The van der Waals surface area contributed by atoms with E-state index in [1.807, 2.05) is 0 Å². The Bertz CT molecular complexity index is 546. The fourth-order valence-electron chi connectivity index (χ4n) is 1.71. The molecule has 2 aromatic heterocycles. The molecule has 0 saturated carbocycles. The highest BCUT2D eigenvalue weighted by atomic mass is 16.4. The van der Waals surface area contributed by atoms with E-state index in [2.05, 4.69) is 9.97 Å². The number of hydrogen-bond acceptors (Lipinski definition) is 4. The molecule has 0 radical (unpaired) electrons. The largest absolute Gasteiger partial charge is 0.474 e. The zero-order valence-corrected chi connectivity index (χ0v) is 10.6. The fourth-order valence-corrected chi connectivity index (χ4v) is 1.71. The third kappa shape index (κ3) is 3.61. The van der Waals surface area contributed by atoms with E-state index in [0.717, 1.165) is 0 Å². The lowest BCUT2D eigenvalue weighted by Crippen LogP contribution is -2.36. The van der Waals surface area contributed by atoms with Gasteiger partial charge in [-0.15, -0.1) is 0 Å². The van der Waals surface area contributed by atoms with Crippen LogP contribution in [0.2, 0.25) is 0 Å². The van der Waals surface area contributed by atoms with Gasteiger partial charge in [-0.05, 0) is 24.3 Å². The van der Waals surface area contributed by atoms with Crippen LogP contribution in [0.25, 0.3) is 0 Å². The van der Waals surface area contributed by atoms with Crippen LogP contribution in [0.5, 0.6) is 0 Å². The Balaban J connectivity index is 2.17. The lowest BCUT2D eigenvalue weighted by molar-refractivity contribution is -0.156. The monoisotopic (exact) mass is 271 g/mol. The van der Waals surface area contributed by atoms with Crippen molar-refractivity contribution in [2.24, 2.45) is 0 Å². The van der Waals surface area contributed by atoms with Gasteiger partial charge in [-0.25, -0.2) is 4.79 Å². The highest BCUT2D eigenvalue weighted by Crippen LogP contribution is 2.07. The lowest BCUT2D eigenvalue weighted by atomic mass is 10.3. The van der Waals surface area contributed by atoms with Crippen molar-refractivity contribution in [2.45, 2.75) is 13.1 Å². The number of amides is 1. The zero-order chi connectivity index (χ0) is 14.4. The normalized spacial score (nSPS) is 10.0. The SMILES string of the molecule is O=C(O)C(=O)N(Cc1ccccn1)Cc1ccccn1. The van der Waals surface area contributed by atoms with E-state index in [9.17, 15) is 9.59 Å². The number of rotatable bonds is 4.